The number of fused-ring (bicyclic) bond motifs is 1. The number of nitrogens with zero attached hydrogens (tertiary/aromatic N) is 3. The van der Waals surface area contributed by atoms with E-state index in [1.165, 1.54) is 15.9 Å². The summed E-state index contributed by atoms with van der Waals surface area (Å²) in [6, 6.07) is 17.0. The van der Waals surface area contributed by atoms with Crippen LogP contribution in [0.1, 0.15) is 0 Å². The molecule has 2 aromatic heterocycles. The van der Waals surface area contributed by atoms with Gasteiger partial charge in [-0.25, -0.2) is 4.57 Å². The fourth-order valence-corrected chi connectivity index (χ4v) is 3.53. The zero-order valence-electron chi connectivity index (χ0n) is 11.8. The molecule has 112 valence electrons. The zero-order chi connectivity index (χ0) is 15.8. The van der Waals surface area contributed by atoms with E-state index in [4.69, 9.17) is 12.2 Å². The van der Waals surface area contributed by atoms with Crippen molar-refractivity contribution < 1.29 is 0 Å². The maximum Gasteiger partial charge on any atom is 0.268 e. The number of hydrogen-bond donors (Lipinski definition) is 1. The normalized spacial score (nSPS) is 11.0. The van der Waals surface area contributed by atoms with Gasteiger partial charge in [0, 0.05) is 5.56 Å². The second-order valence-corrected chi connectivity index (χ2v) is 6.21. The van der Waals surface area contributed by atoms with Crippen molar-refractivity contribution in [3.63, 3.8) is 0 Å². The molecule has 0 aliphatic rings. The van der Waals surface area contributed by atoms with E-state index < -0.39 is 0 Å². The molecule has 0 aliphatic heterocycles. The predicted molar refractivity (Wildman–Crippen MR) is 93.6 cm³/mol. The standard InChI is InChI=1S/C16H10N4OS2/c21-14-11-8-4-5-9-12(11)17-15(22)20(14)16-19-18-13(23-16)10-6-2-1-3-7-10/h1-9H,(H,17,22). The number of hydrogen-bond acceptors (Lipinski definition) is 5. The molecule has 0 saturated carbocycles. The Labute approximate surface area is 139 Å². The molecular weight excluding hydrogens is 328 g/mol. The fraction of sp³-hybridized carbons (Fsp3) is 0. The summed E-state index contributed by atoms with van der Waals surface area (Å²) in [5.41, 5.74) is 1.48. The van der Waals surface area contributed by atoms with Crippen molar-refractivity contribution in [1.82, 2.24) is 19.7 Å². The molecule has 7 heteroatoms. The van der Waals surface area contributed by atoms with E-state index in [9.17, 15) is 4.79 Å². The van der Waals surface area contributed by atoms with Gasteiger partial charge in [0.15, 0.2) is 4.77 Å². The lowest BCUT2D eigenvalue weighted by molar-refractivity contribution is 0.895. The van der Waals surface area contributed by atoms with Crippen molar-refractivity contribution in [2.75, 3.05) is 0 Å². The predicted octanol–water partition coefficient (Wildman–Crippen LogP) is 3.57. The van der Waals surface area contributed by atoms with Gasteiger partial charge in [-0.2, -0.15) is 0 Å². The van der Waals surface area contributed by atoms with Crippen LogP contribution < -0.4 is 5.56 Å². The molecule has 0 bridgehead atoms. The maximum absolute atomic E-state index is 12.7. The average molecular weight is 338 g/mol. The van der Waals surface area contributed by atoms with Gasteiger partial charge in [-0.3, -0.25) is 4.79 Å². The summed E-state index contributed by atoms with van der Waals surface area (Å²) >= 11 is 6.65. The van der Waals surface area contributed by atoms with Crippen molar-refractivity contribution in [2.45, 2.75) is 0 Å². The lowest BCUT2D eigenvalue weighted by atomic mass is 10.2. The number of aromatic amines is 1. The van der Waals surface area contributed by atoms with E-state index >= 15 is 0 Å². The van der Waals surface area contributed by atoms with Gasteiger partial charge >= 0.3 is 0 Å². The summed E-state index contributed by atoms with van der Waals surface area (Å²) in [7, 11) is 0. The summed E-state index contributed by atoms with van der Waals surface area (Å²) < 4.78 is 1.70. The Morgan fingerprint density at radius 1 is 1.00 bits per heavy atom. The van der Waals surface area contributed by atoms with Crippen molar-refractivity contribution in [3.05, 3.63) is 69.7 Å². The maximum atomic E-state index is 12.7. The molecular formula is C16H10N4OS2. The second-order valence-electron chi connectivity index (χ2n) is 4.87. The third kappa shape index (κ3) is 2.39. The third-order valence-corrected chi connectivity index (χ3v) is 4.67. The Morgan fingerprint density at radius 2 is 1.74 bits per heavy atom. The minimum absolute atomic E-state index is 0.194. The molecule has 0 unspecified atom stereocenters. The van der Waals surface area contributed by atoms with Gasteiger partial charge in [0.05, 0.1) is 10.9 Å². The van der Waals surface area contributed by atoms with Crippen LogP contribution in [0, 0.1) is 4.77 Å². The van der Waals surface area contributed by atoms with Crippen LogP contribution in [0.25, 0.3) is 26.6 Å². The molecule has 0 atom stereocenters. The Balaban J connectivity index is 1.92. The van der Waals surface area contributed by atoms with Crippen LogP contribution in [-0.4, -0.2) is 19.7 Å². The highest BCUT2D eigenvalue weighted by Crippen LogP contribution is 2.24. The molecule has 0 aliphatic carbocycles. The van der Waals surface area contributed by atoms with Crippen molar-refractivity contribution in [1.29, 1.82) is 0 Å². The Bertz CT molecular complexity index is 1110. The number of H-pyrrole nitrogens is 1. The highest BCUT2D eigenvalue weighted by Gasteiger charge is 2.13. The lowest BCUT2D eigenvalue weighted by Gasteiger charge is -2.03. The second kappa shape index (κ2) is 5.53. The number of benzene rings is 2. The molecule has 0 fully saturated rings. The molecule has 0 saturated heterocycles. The van der Waals surface area contributed by atoms with E-state index in [1.54, 1.807) is 6.07 Å². The third-order valence-electron chi connectivity index (χ3n) is 3.43. The number of aromatic nitrogens is 4. The van der Waals surface area contributed by atoms with Gasteiger partial charge in [-0.15, -0.1) is 10.2 Å². The van der Waals surface area contributed by atoms with Crippen molar-refractivity contribution in [3.8, 4) is 15.7 Å². The minimum atomic E-state index is -0.194. The Hall–Kier alpha value is -2.64. The topological polar surface area (TPSA) is 63.6 Å². The molecule has 0 spiro atoms. The quantitative estimate of drug-likeness (QED) is 0.568. The molecule has 2 heterocycles. The van der Waals surface area contributed by atoms with Crippen molar-refractivity contribution in [2.24, 2.45) is 0 Å². The van der Waals surface area contributed by atoms with Crippen LogP contribution in [0.15, 0.2) is 59.4 Å². The summed E-state index contributed by atoms with van der Waals surface area (Å²) in [5.74, 6) is 0. The van der Waals surface area contributed by atoms with Crippen molar-refractivity contribution >= 4 is 34.5 Å². The van der Waals surface area contributed by atoms with Crippen LogP contribution in [0.2, 0.25) is 0 Å². The monoisotopic (exact) mass is 338 g/mol. The smallest absolute Gasteiger partial charge is 0.268 e. The molecule has 0 radical (unpaired) electrons. The van der Waals surface area contributed by atoms with E-state index in [2.05, 4.69) is 15.2 Å². The lowest BCUT2D eigenvalue weighted by Crippen LogP contribution is -2.20. The molecule has 0 amide bonds. The SMILES string of the molecule is O=c1c2ccccc2[nH]c(=S)n1-c1nnc(-c2ccccc2)s1. The van der Waals surface area contributed by atoms with E-state index in [0.717, 1.165) is 10.6 Å². The first-order chi connectivity index (χ1) is 11.2. The first-order valence-electron chi connectivity index (χ1n) is 6.87. The number of rotatable bonds is 2. The zero-order valence-corrected chi connectivity index (χ0v) is 13.4. The van der Waals surface area contributed by atoms with Crippen LogP contribution in [0.4, 0.5) is 0 Å². The molecule has 5 nitrogen and oxygen atoms in total. The van der Waals surface area contributed by atoms with Gasteiger partial charge in [0.2, 0.25) is 5.13 Å². The number of nitrogens with one attached hydrogen (secondary N) is 1. The molecule has 4 aromatic rings. The van der Waals surface area contributed by atoms with Gasteiger partial charge < -0.3 is 4.98 Å². The van der Waals surface area contributed by atoms with Crippen LogP contribution in [-0.2, 0) is 0 Å². The Morgan fingerprint density at radius 3 is 2.57 bits per heavy atom. The first-order valence-corrected chi connectivity index (χ1v) is 8.10. The van der Waals surface area contributed by atoms with Crippen LogP contribution in [0.3, 0.4) is 0 Å². The van der Waals surface area contributed by atoms with E-state index in [-0.39, 0.29) is 5.56 Å². The summed E-state index contributed by atoms with van der Waals surface area (Å²) in [5, 5.41) is 10.1. The van der Waals surface area contributed by atoms with Gasteiger partial charge in [-0.05, 0) is 24.4 Å². The molecule has 1 N–H and O–H groups in total. The number of para-hydroxylation sites is 1. The highest BCUT2D eigenvalue weighted by atomic mass is 32.1. The van der Waals surface area contributed by atoms with Gasteiger partial charge in [-0.1, -0.05) is 53.8 Å². The average Bonchev–Trinajstić information content (AvgIpc) is 3.05. The van der Waals surface area contributed by atoms with Crippen LogP contribution >= 0.6 is 23.6 Å². The Kier molecular flexibility index (Phi) is 3.36. The minimum Gasteiger partial charge on any atom is -0.331 e. The summed E-state index contributed by atoms with van der Waals surface area (Å²) in [6.07, 6.45) is 0. The van der Waals surface area contributed by atoms with E-state index in [0.29, 0.717) is 20.8 Å². The summed E-state index contributed by atoms with van der Waals surface area (Å²) in [4.78, 5) is 15.8. The molecule has 2 aromatic carbocycles. The molecule has 4 rings (SSSR count). The van der Waals surface area contributed by atoms with Gasteiger partial charge in [0.1, 0.15) is 5.01 Å². The highest BCUT2D eigenvalue weighted by molar-refractivity contribution is 7.71. The summed E-state index contributed by atoms with van der Waals surface area (Å²) in [6.45, 7) is 0. The van der Waals surface area contributed by atoms with E-state index in [1.807, 2.05) is 48.5 Å². The fourth-order valence-electron chi connectivity index (χ4n) is 2.34. The molecule has 23 heavy (non-hydrogen) atoms. The first kappa shape index (κ1) is 14.0. The largest absolute Gasteiger partial charge is 0.331 e. The van der Waals surface area contributed by atoms with Gasteiger partial charge in [0.25, 0.3) is 5.56 Å². The van der Waals surface area contributed by atoms with Crippen LogP contribution in [0.5, 0.6) is 0 Å².